The van der Waals surface area contributed by atoms with Crippen LogP contribution >= 0.6 is 0 Å². The summed E-state index contributed by atoms with van der Waals surface area (Å²) < 4.78 is 13.7. The maximum atomic E-state index is 13.7. The molecule has 1 aromatic rings. The Hall–Kier alpha value is -1.05. The quantitative estimate of drug-likeness (QED) is 0.440. The van der Waals surface area contributed by atoms with E-state index in [4.69, 9.17) is 0 Å². The molecule has 0 aliphatic rings. The highest BCUT2D eigenvalue weighted by Crippen LogP contribution is 2.28. The van der Waals surface area contributed by atoms with Crippen LogP contribution in [0.25, 0.3) is 0 Å². The molecule has 0 aromatic heterocycles. The van der Waals surface area contributed by atoms with Gasteiger partial charge >= 0.3 is 0 Å². The van der Waals surface area contributed by atoms with Crippen molar-refractivity contribution in [1.82, 2.24) is 0 Å². The highest BCUT2D eigenvalue weighted by molar-refractivity contribution is 5.49. The minimum absolute atomic E-state index is 0.104. The van der Waals surface area contributed by atoms with E-state index in [0.717, 1.165) is 18.5 Å². The molecule has 24 heavy (non-hydrogen) atoms. The number of halogens is 1. The minimum atomic E-state index is -0.104. The third-order valence-corrected chi connectivity index (χ3v) is 4.80. The molecule has 0 aliphatic carbocycles. The van der Waals surface area contributed by atoms with Gasteiger partial charge in [0.25, 0.3) is 0 Å². The molecule has 0 saturated carbocycles. The zero-order chi connectivity index (χ0) is 18.2. The van der Waals surface area contributed by atoms with Crippen molar-refractivity contribution in [2.45, 2.75) is 92.5 Å². The molecule has 0 amide bonds. The summed E-state index contributed by atoms with van der Waals surface area (Å²) in [5.74, 6) is -0.104. The Morgan fingerprint density at radius 3 is 2.08 bits per heavy atom. The highest BCUT2D eigenvalue weighted by atomic mass is 19.1. The fourth-order valence-corrected chi connectivity index (χ4v) is 3.12. The van der Waals surface area contributed by atoms with Crippen molar-refractivity contribution < 1.29 is 4.39 Å². The van der Waals surface area contributed by atoms with Gasteiger partial charge in [-0.15, -0.1) is 0 Å². The van der Waals surface area contributed by atoms with Crippen molar-refractivity contribution >= 4 is 5.69 Å². The maximum absolute atomic E-state index is 13.7. The van der Waals surface area contributed by atoms with E-state index in [-0.39, 0.29) is 5.82 Å². The third kappa shape index (κ3) is 7.23. The third-order valence-electron chi connectivity index (χ3n) is 4.80. The number of benzene rings is 1. The molecule has 0 aliphatic heterocycles. The lowest BCUT2D eigenvalue weighted by atomic mass is 9.91. The van der Waals surface area contributed by atoms with Gasteiger partial charge in [0.15, 0.2) is 0 Å². The molecular weight excluding hydrogens is 297 g/mol. The standard InChI is InChI=1S/C22H38FN/c1-7-9-11-19(12-10-8-2)24(16-15-22(4,5)6)20-13-14-21(23)18(3)17-20/h13-14,17,19H,7-12,15-16H2,1-6H3. The summed E-state index contributed by atoms with van der Waals surface area (Å²) in [6, 6.07) is 6.20. The number of aryl methyl sites for hydroxylation is 1. The minimum Gasteiger partial charge on any atom is -0.369 e. The van der Waals surface area contributed by atoms with Crippen molar-refractivity contribution in [3.05, 3.63) is 29.6 Å². The van der Waals surface area contributed by atoms with Gasteiger partial charge in [-0.05, 0) is 55.4 Å². The van der Waals surface area contributed by atoms with Gasteiger partial charge in [0.1, 0.15) is 5.82 Å². The summed E-state index contributed by atoms with van der Waals surface area (Å²) in [5.41, 5.74) is 2.25. The lowest BCUT2D eigenvalue weighted by molar-refractivity contribution is 0.363. The van der Waals surface area contributed by atoms with Crippen LogP contribution in [0, 0.1) is 18.2 Å². The fourth-order valence-electron chi connectivity index (χ4n) is 3.12. The van der Waals surface area contributed by atoms with Gasteiger partial charge < -0.3 is 4.90 Å². The normalized spacial score (nSPS) is 12.0. The van der Waals surface area contributed by atoms with Crippen molar-refractivity contribution in [3.8, 4) is 0 Å². The topological polar surface area (TPSA) is 3.24 Å². The van der Waals surface area contributed by atoms with E-state index in [1.54, 1.807) is 6.07 Å². The zero-order valence-electron chi connectivity index (χ0n) is 16.8. The molecule has 1 nitrogen and oxygen atoms in total. The van der Waals surface area contributed by atoms with Crippen LogP contribution in [0.2, 0.25) is 0 Å². The van der Waals surface area contributed by atoms with Crippen molar-refractivity contribution in [3.63, 3.8) is 0 Å². The lowest BCUT2D eigenvalue weighted by Gasteiger charge is -2.36. The molecule has 0 atom stereocenters. The first-order valence-electron chi connectivity index (χ1n) is 9.81. The Kier molecular flexibility index (Phi) is 8.80. The predicted octanol–water partition coefficient (Wildman–Crippen LogP) is 7.13. The maximum Gasteiger partial charge on any atom is 0.126 e. The van der Waals surface area contributed by atoms with Gasteiger partial charge in [0.05, 0.1) is 0 Å². The van der Waals surface area contributed by atoms with E-state index >= 15 is 0 Å². The molecule has 0 spiro atoms. The van der Waals surface area contributed by atoms with E-state index in [1.165, 1.54) is 44.2 Å². The van der Waals surface area contributed by atoms with Crippen LogP contribution in [0.15, 0.2) is 18.2 Å². The molecule has 0 heterocycles. The van der Waals surface area contributed by atoms with Gasteiger partial charge in [0.2, 0.25) is 0 Å². The molecule has 1 aromatic carbocycles. The molecule has 0 radical (unpaired) electrons. The van der Waals surface area contributed by atoms with Crippen molar-refractivity contribution in [2.24, 2.45) is 5.41 Å². The molecule has 1 rings (SSSR count). The predicted molar refractivity (Wildman–Crippen MR) is 105 cm³/mol. The van der Waals surface area contributed by atoms with Crippen LogP contribution in [0.3, 0.4) is 0 Å². The van der Waals surface area contributed by atoms with Crippen LogP contribution in [0.1, 0.15) is 85.1 Å². The second-order valence-corrected chi connectivity index (χ2v) is 8.38. The number of hydrogen-bond donors (Lipinski definition) is 0. The fraction of sp³-hybridized carbons (Fsp3) is 0.727. The van der Waals surface area contributed by atoms with E-state index in [1.807, 2.05) is 19.1 Å². The molecule has 138 valence electrons. The van der Waals surface area contributed by atoms with Crippen LogP contribution < -0.4 is 4.90 Å². The Morgan fingerprint density at radius 1 is 1.04 bits per heavy atom. The van der Waals surface area contributed by atoms with Crippen LogP contribution in [0.5, 0.6) is 0 Å². The Bertz CT molecular complexity index is 467. The zero-order valence-corrected chi connectivity index (χ0v) is 16.8. The molecule has 0 N–H and O–H groups in total. The summed E-state index contributed by atoms with van der Waals surface area (Å²) in [6.45, 7) is 14.3. The van der Waals surface area contributed by atoms with Gasteiger partial charge in [0, 0.05) is 18.3 Å². The molecular formula is C22H38FN. The number of hydrogen-bond acceptors (Lipinski definition) is 1. The van der Waals surface area contributed by atoms with E-state index in [2.05, 4.69) is 39.5 Å². The smallest absolute Gasteiger partial charge is 0.126 e. The Balaban J connectivity index is 3.04. The van der Waals surface area contributed by atoms with Gasteiger partial charge in [-0.3, -0.25) is 0 Å². The van der Waals surface area contributed by atoms with E-state index in [0.29, 0.717) is 11.5 Å². The van der Waals surface area contributed by atoms with Crippen molar-refractivity contribution in [2.75, 3.05) is 11.4 Å². The average Bonchev–Trinajstić information content (AvgIpc) is 2.51. The largest absolute Gasteiger partial charge is 0.369 e. The first-order valence-corrected chi connectivity index (χ1v) is 9.81. The molecule has 0 saturated heterocycles. The summed E-state index contributed by atoms with van der Waals surface area (Å²) in [6.07, 6.45) is 8.61. The number of anilines is 1. The summed E-state index contributed by atoms with van der Waals surface area (Å²) in [4.78, 5) is 2.56. The lowest BCUT2D eigenvalue weighted by Crippen LogP contribution is -2.37. The van der Waals surface area contributed by atoms with Crippen LogP contribution in [-0.4, -0.2) is 12.6 Å². The first kappa shape index (κ1) is 21.0. The Morgan fingerprint density at radius 2 is 1.62 bits per heavy atom. The second kappa shape index (κ2) is 10.1. The van der Waals surface area contributed by atoms with Gasteiger partial charge in [-0.25, -0.2) is 4.39 Å². The SMILES string of the molecule is CCCCC(CCCC)N(CCC(C)(C)C)c1ccc(F)c(C)c1. The Labute approximate surface area is 149 Å². The molecule has 0 bridgehead atoms. The van der Waals surface area contributed by atoms with Crippen molar-refractivity contribution in [1.29, 1.82) is 0 Å². The molecule has 0 fully saturated rings. The second-order valence-electron chi connectivity index (χ2n) is 8.38. The molecule has 2 heteroatoms. The first-order chi connectivity index (χ1) is 11.3. The van der Waals surface area contributed by atoms with Crippen LogP contribution in [-0.2, 0) is 0 Å². The van der Waals surface area contributed by atoms with E-state index < -0.39 is 0 Å². The summed E-state index contributed by atoms with van der Waals surface area (Å²) in [5, 5.41) is 0. The highest BCUT2D eigenvalue weighted by Gasteiger charge is 2.21. The summed E-state index contributed by atoms with van der Waals surface area (Å²) >= 11 is 0. The summed E-state index contributed by atoms with van der Waals surface area (Å²) in [7, 11) is 0. The average molecular weight is 336 g/mol. The number of rotatable bonds is 10. The monoisotopic (exact) mass is 335 g/mol. The van der Waals surface area contributed by atoms with E-state index in [9.17, 15) is 4.39 Å². The molecule has 0 unspecified atom stereocenters. The number of unbranched alkanes of at least 4 members (excludes halogenated alkanes) is 2. The van der Waals surface area contributed by atoms with Gasteiger partial charge in [-0.2, -0.15) is 0 Å². The van der Waals surface area contributed by atoms with Gasteiger partial charge in [-0.1, -0.05) is 60.3 Å². The van der Waals surface area contributed by atoms with Crippen LogP contribution in [0.4, 0.5) is 10.1 Å². The number of nitrogens with zero attached hydrogens (tertiary/aromatic N) is 1.